The Kier molecular flexibility index (Phi) is 5.85. The molecule has 0 saturated heterocycles. The van der Waals surface area contributed by atoms with Crippen molar-refractivity contribution in [2.75, 3.05) is 0 Å². The van der Waals surface area contributed by atoms with E-state index in [-0.39, 0.29) is 16.8 Å². The first-order chi connectivity index (χ1) is 10.3. The highest BCUT2D eigenvalue weighted by molar-refractivity contribution is 4.99. The highest BCUT2D eigenvalue weighted by atomic mass is 16.2. The van der Waals surface area contributed by atoms with E-state index in [9.17, 15) is 19.2 Å². The minimum Gasteiger partial charge on any atom is -0.312 e. The van der Waals surface area contributed by atoms with E-state index >= 15 is 0 Å². The standard InChI is InChI=1S/C9H14N2O2.C5H6N2O2/c1-4-10-7(3)6-8(12)11(5-2)9(10)13;1-3-2-4(8)7-5(9)6-3/h6H,4-5H2,1-3H3;2H,1H3,(H2,6,7,8,9). The summed E-state index contributed by atoms with van der Waals surface area (Å²) in [6.45, 7) is 8.13. The van der Waals surface area contributed by atoms with Crippen molar-refractivity contribution in [3.8, 4) is 0 Å². The van der Waals surface area contributed by atoms with E-state index in [0.29, 0.717) is 18.8 Å². The lowest BCUT2D eigenvalue weighted by Gasteiger charge is -2.09. The van der Waals surface area contributed by atoms with E-state index in [1.54, 1.807) is 25.3 Å². The fourth-order valence-electron chi connectivity index (χ4n) is 1.99. The molecule has 0 amide bonds. The molecule has 120 valence electrons. The number of nitrogens with one attached hydrogen (secondary N) is 2. The van der Waals surface area contributed by atoms with Gasteiger partial charge in [0, 0.05) is 36.6 Å². The van der Waals surface area contributed by atoms with Gasteiger partial charge < -0.3 is 4.98 Å². The number of aromatic amines is 2. The van der Waals surface area contributed by atoms with Crippen molar-refractivity contribution in [3.63, 3.8) is 0 Å². The van der Waals surface area contributed by atoms with Gasteiger partial charge in [0.25, 0.3) is 11.1 Å². The smallest absolute Gasteiger partial charge is 0.312 e. The summed E-state index contributed by atoms with van der Waals surface area (Å²) in [5, 5.41) is 0. The summed E-state index contributed by atoms with van der Waals surface area (Å²) in [4.78, 5) is 48.2. The van der Waals surface area contributed by atoms with Crippen molar-refractivity contribution in [1.82, 2.24) is 19.1 Å². The molecule has 2 rings (SSSR count). The molecule has 0 atom stereocenters. The average molecular weight is 308 g/mol. The van der Waals surface area contributed by atoms with Crippen LogP contribution in [0.3, 0.4) is 0 Å². The summed E-state index contributed by atoms with van der Waals surface area (Å²) in [6.07, 6.45) is 0. The minimum absolute atomic E-state index is 0.213. The van der Waals surface area contributed by atoms with Gasteiger partial charge in [-0.15, -0.1) is 0 Å². The van der Waals surface area contributed by atoms with Crippen molar-refractivity contribution in [2.45, 2.75) is 40.8 Å². The van der Waals surface area contributed by atoms with E-state index < -0.39 is 5.69 Å². The molecule has 8 heteroatoms. The summed E-state index contributed by atoms with van der Waals surface area (Å²) in [6, 6.07) is 2.82. The first kappa shape index (κ1) is 17.4. The number of H-pyrrole nitrogens is 2. The summed E-state index contributed by atoms with van der Waals surface area (Å²) < 4.78 is 2.82. The van der Waals surface area contributed by atoms with Gasteiger partial charge in [0.15, 0.2) is 0 Å². The molecule has 0 bridgehead atoms. The maximum absolute atomic E-state index is 11.6. The maximum Gasteiger partial charge on any atom is 0.331 e. The molecule has 0 unspecified atom stereocenters. The van der Waals surface area contributed by atoms with Crippen LogP contribution in [0.15, 0.2) is 31.3 Å². The second kappa shape index (κ2) is 7.39. The third-order valence-electron chi connectivity index (χ3n) is 3.01. The summed E-state index contributed by atoms with van der Waals surface area (Å²) in [5.74, 6) is 0. The molecular weight excluding hydrogens is 288 g/mol. The molecule has 2 heterocycles. The van der Waals surface area contributed by atoms with Crippen LogP contribution in [0, 0.1) is 13.8 Å². The third kappa shape index (κ3) is 4.18. The van der Waals surface area contributed by atoms with Gasteiger partial charge in [-0.25, -0.2) is 9.59 Å². The molecule has 0 aliphatic rings. The van der Waals surface area contributed by atoms with E-state index in [2.05, 4.69) is 4.98 Å². The highest BCUT2D eigenvalue weighted by Gasteiger charge is 2.04. The van der Waals surface area contributed by atoms with Gasteiger partial charge in [-0.3, -0.25) is 23.7 Å². The molecule has 2 aromatic heterocycles. The number of aromatic nitrogens is 4. The van der Waals surface area contributed by atoms with E-state index in [1.807, 2.05) is 11.9 Å². The summed E-state index contributed by atoms with van der Waals surface area (Å²) >= 11 is 0. The number of rotatable bonds is 2. The van der Waals surface area contributed by atoms with Crippen molar-refractivity contribution >= 4 is 0 Å². The zero-order valence-electron chi connectivity index (χ0n) is 13.1. The van der Waals surface area contributed by atoms with Gasteiger partial charge in [-0.1, -0.05) is 0 Å². The number of nitrogens with zero attached hydrogens (tertiary/aromatic N) is 2. The van der Waals surface area contributed by atoms with Crippen molar-refractivity contribution in [3.05, 3.63) is 65.2 Å². The van der Waals surface area contributed by atoms with Gasteiger partial charge in [0.2, 0.25) is 0 Å². The monoisotopic (exact) mass is 308 g/mol. The largest absolute Gasteiger partial charge is 0.331 e. The Balaban J connectivity index is 0.000000235. The zero-order chi connectivity index (χ0) is 16.9. The first-order valence-corrected chi connectivity index (χ1v) is 6.91. The SMILES string of the molecule is CCn1c(C)cc(=O)n(CC)c1=O.Cc1cc(=O)[nH]c(=O)[nH]1. The Morgan fingerprint density at radius 1 is 0.909 bits per heavy atom. The van der Waals surface area contributed by atoms with Crippen LogP contribution >= 0.6 is 0 Å². The Labute approximate surface area is 126 Å². The van der Waals surface area contributed by atoms with Crippen molar-refractivity contribution in [2.24, 2.45) is 0 Å². The van der Waals surface area contributed by atoms with Crippen LogP contribution in [0.25, 0.3) is 0 Å². The Morgan fingerprint density at radius 3 is 1.95 bits per heavy atom. The quantitative estimate of drug-likeness (QED) is 0.795. The molecule has 0 aliphatic carbocycles. The molecular formula is C14H20N4O4. The lowest BCUT2D eigenvalue weighted by molar-refractivity contribution is 0.574. The van der Waals surface area contributed by atoms with Crippen LogP contribution in [0.5, 0.6) is 0 Å². The molecule has 0 spiro atoms. The molecule has 0 fully saturated rings. The van der Waals surface area contributed by atoms with Gasteiger partial charge in [-0.05, 0) is 27.7 Å². The maximum atomic E-state index is 11.6. The van der Waals surface area contributed by atoms with Crippen molar-refractivity contribution < 1.29 is 0 Å². The molecule has 2 aromatic rings. The summed E-state index contributed by atoms with van der Waals surface area (Å²) in [7, 11) is 0. The van der Waals surface area contributed by atoms with Gasteiger partial charge in [-0.2, -0.15) is 0 Å². The Bertz CT molecular complexity index is 842. The van der Waals surface area contributed by atoms with Crippen LogP contribution in [-0.2, 0) is 13.1 Å². The molecule has 2 N–H and O–H groups in total. The molecule has 8 nitrogen and oxygen atoms in total. The van der Waals surface area contributed by atoms with Gasteiger partial charge >= 0.3 is 11.4 Å². The normalized spacial score (nSPS) is 10.0. The van der Waals surface area contributed by atoms with Gasteiger partial charge in [0.05, 0.1) is 0 Å². The number of aryl methyl sites for hydroxylation is 2. The average Bonchev–Trinajstić information content (AvgIpc) is 2.38. The molecule has 0 aliphatic heterocycles. The third-order valence-corrected chi connectivity index (χ3v) is 3.01. The topological polar surface area (TPSA) is 110 Å². The van der Waals surface area contributed by atoms with Crippen LogP contribution in [-0.4, -0.2) is 19.1 Å². The molecule has 0 aromatic carbocycles. The predicted molar refractivity (Wildman–Crippen MR) is 83.5 cm³/mol. The van der Waals surface area contributed by atoms with Crippen LogP contribution in [0.1, 0.15) is 25.2 Å². The lowest BCUT2D eigenvalue weighted by atomic mass is 10.4. The first-order valence-electron chi connectivity index (χ1n) is 6.91. The second-order valence-corrected chi connectivity index (χ2v) is 4.67. The van der Waals surface area contributed by atoms with Crippen LogP contribution < -0.4 is 22.5 Å². The Morgan fingerprint density at radius 2 is 1.50 bits per heavy atom. The van der Waals surface area contributed by atoms with Crippen molar-refractivity contribution in [1.29, 1.82) is 0 Å². The minimum atomic E-state index is -0.458. The number of hydrogen-bond donors (Lipinski definition) is 2. The lowest BCUT2D eigenvalue weighted by Crippen LogP contribution is -2.39. The molecule has 0 radical (unpaired) electrons. The van der Waals surface area contributed by atoms with E-state index in [0.717, 1.165) is 5.69 Å². The fraction of sp³-hybridized carbons (Fsp3) is 0.429. The molecule has 0 saturated carbocycles. The van der Waals surface area contributed by atoms with Gasteiger partial charge in [0.1, 0.15) is 0 Å². The van der Waals surface area contributed by atoms with Crippen LogP contribution in [0.2, 0.25) is 0 Å². The highest BCUT2D eigenvalue weighted by Crippen LogP contribution is 1.88. The summed E-state index contributed by atoms with van der Waals surface area (Å²) in [5.41, 5.74) is 0.0481. The van der Waals surface area contributed by atoms with Crippen LogP contribution in [0.4, 0.5) is 0 Å². The Hall–Kier alpha value is -2.64. The predicted octanol–water partition coefficient (Wildman–Crippen LogP) is -0.270. The second-order valence-electron chi connectivity index (χ2n) is 4.67. The number of hydrogen-bond acceptors (Lipinski definition) is 4. The molecule has 22 heavy (non-hydrogen) atoms. The zero-order valence-corrected chi connectivity index (χ0v) is 13.1. The van der Waals surface area contributed by atoms with E-state index in [1.165, 1.54) is 16.7 Å². The fourth-order valence-corrected chi connectivity index (χ4v) is 1.99. The van der Waals surface area contributed by atoms with E-state index in [4.69, 9.17) is 0 Å².